The van der Waals surface area contributed by atoms with Crippen LogP contribution in [0, 0.1) is 10.1 Å². The number of hydrogen-bond donors (Lipinski definition) is 1. The second-order valence-corrected chi connectivity index (χ2v) is 5.34. The van der Waals surface area contributed by atoms with Gasteiger partial charge in [-0.05, 0) is 33.0 Å². The summed E-state index contributed by atoms with van der Waals surface area (Å²) < 4.78 is 1.80. The van der Waals surface area contributed by atoms with Gasteiger partial charge in [-0.1, -0.05) is 18.2 Å². The van der Waals surface area contributed by atoms with Crippen LogP contribution in [0.15, 0.2) is 41.0 Å². The number of nitrogens with zero attached hydrogens (tertiary/aromatic N) is 4. The van der Waals surface area contributed by atoms with E-state index in [0.717, 1.165) is 16.5 Å². The Kier molecular flexibility index (Phi) is 3.30. The van der Waals surface area contributed by atoms with Gasteiger partial charge in [0.2, 0.25) is 0 Å². The maximum absolute atomic E-state index is 10.8. The predicted octanol–water partition coefficient (Wildman–Crippen LogP) is 2.73. The third kappa shape index (κ3) is 2.57. The lowest BCUT2D eigenvalue weighted by molar-refractivity contribution is -0.390. The first-order valence-corrected chi connectivity index (χ1v) is 6.85. The molecule has 8 heteroatoms. The quantitative estimate of drug-likeness (QED) is 0.579. The summed E-state index contributed by atoms with van der Waals surface area (Å²) in [5, 5.41) is 15.7. The van der Waals surface area contributed by atoms with Gasteiger partial charge < -0.3 is 15.8 Å². The second kappa shape index (κ2) is 5.13. The number of pyridine rings is 1. The van der Waals surface area contributed by atoms with Crippen molar-refractivity contribution in [2.45, 2.75) is 6.54 Å². The Morgan fingerprint density at radius 3 is 2.86 bits per heavy atom. The van der Waals surface area contributed by atoms with Crippen molar-refractivity contribution in [1.82, 2.24) is 14.8 Å². The number of anilines is 1. The molecule has 0 aliphatic rings. The molecule has 0 aliphatic heterocycles. The minimum Gasteiger partial charge on any atom is -0.383 e. The highest BCUT2D eigenvalue weighted by Crippen LogP contribution is 2.24. The van der Waals surface area contributed by atoms with Crippen LogP contribution in [0.25, 0.3) is 10.9 Å². The molecule has 3 aromatic rings. The second-order valence-electron chi connectivity index (χ2n) is 4.48. The van der Waals surface area contributed by atoms with E-state index in [2.05, 4.69) is 26.0 Å². The molecular weight excluding hydrogens is 338 g/mol. The number of halogens is 1. The first-order valence-electron chi connectivity index (χ1n) is 6.06. The Balaban J connectivity index is 1.99. The molecule has 7 nitrogen and oxygen atoms in total. The molecule has 1 aromatic carbocycles. The Labute approximate surface area is 127 Å². The van der Waals surface area contributed by atoms with Gasteiger partial charge in [-0.2, -0.15) is 4.68 Å². The third-order valence-corrected chi connectivity index (χ3v) is 3.60. The highest BCUT2D eigenvalue weighted by atomic mass is 79.9. The average molecular weight is 348 g/mol. The first kappa shape index (κ1) is 13.5. The van der Waals surface area contributed by atoms with Crippen molar-refractivity contribution in [3.05, 3.63) is 56.7 Å². The van der Waals surface area contributed by atoms with Crippen LogP contribution in [0.2, 0.25) is 0 Å². The molecule has 0 spiro atoms. The summed E-state index contributed by atoms with van der Waals surface area (Å²) in [5.74, 6) is 0.172. The Bertz CT molecular complexity index is 846. The zero-order valence-electron chi connectivity index (χ0n) is 10.7. The van der Waals surface area contributed by atoms with E-state index < -0.39 is 4.92 Å². The third-order valence-electron chi connectivity index (χ3n) is 3.04. The van der Waals surface area contributed by atoms with Crippen LogP contribution in [0.5, 0.6) is 0 Å². The van der Waals surface area contributed by atoms with Gasteiger partial charge in [-0.25, -0.2) is 4.98 Å². The van der Waals surface area contributed by atoms with E-state index in [4.69, 9.17) is 5.73 Å². The Hall–Kier alpha value is -2.48. The summed E-state index contributed by atoms with van der Waals surface area (Å²) in [5.41, 5.74) is 7.52. The summed E-state index contributed by atoms with van der Waals surface area (Å²) in [7, 11) is 0. The molecule has 2 aromatic heterocycles. The summed E-state index contributed by atoms with van der Waals surface area (Å²) in [6.45, 7) is 0.316. The standard InChI is InChI=1S/C13H10BrN5O2/c14-10-7-18(17-13(10)19(20)21)6-9-5-8-3-1-2-4-11(8)16-12(9)15/h1-5,7H,6H2,(H2,15,16). The molecule has 0 radical (unpaired) electrons. The predicted molar refractivity (Wildman–Crippen MR) is 81.8 cm³/mol. The number of nitro groups is 1. The van der Waals surface area contributed by atoms with Crippen LogP contribution >= 0.6 is 15.9 Å². The molecule has 106 valence electrons. The first-order chi connectivity index (χ1) is 10.0. The molecular formula is C13H10BrN5O2. The number of fused-ring (bicyclic) bond motifs is 1. The number of para-hydroxylation sites is 1. The largest absolute Gasteiger partial charge is 0.404 e. The molecule has 0 amide bonds. The molecule has 0 atom stereocenters. The van der Waals surface area contributed by atoms with E-state index in [1.807, 2.05) is 30.3 Å². The number of benzene rings is 1. The number of aromatic nitrogens is 3. The molecule has 0 saturated carbocycles. The zero-order valence-corrected chi connectivity index (χ0v) is 12.3. The lowest BCUT2D eigenvalue weighted by Crippen LogP contribution is -2.05. The Morgan fingerprint density at radius 2 is 2.14 bits per heavy atom. The van der Waals surface area contributed by atoms with E-state index in [-0.39, 0.29) is 5.82 Å². The van der Waals surface area contributed by atoms with Crippen LogP contribution in [0.3, 0.4) is 0 Å². The lowest BCUT2D eigenvalue weighted by Gasteiger charge is -2.05. The van der Waals surface area contributed by atoms with Crippen molar-refractivity contribution in [3.8, 4) is 0 Å². The van der Waals surface area contributed by atoms with E-state index in [1.54, 1.807) is 6.20 Å². The van der Waals surface area contributed by atoms with Crippen LogP contribution in [-0.2, 0) is 6.54 Å². The molecule has 0 saturated heterocycles. The maximum Gasteiger partial charge on any atom is 0.404 e. The number of nitrogen functional groups attached to an aromatic ring is 1. The minimum atomic E-state index is -0.539. The van der Waals surface area contributed by atoms with E-state index >= 15 is 0 Å². The van der Waals surface area contributed by atoms with Gasteiger partial charge in [0.15, 0.2) is 0 Å². The van der Waals surface area contributed by atoms with Crippen molar-refractivity contribution in [2.24, 2.45) is 0 Å². The van der Waals surface area contributed by atoms with Crippen LogP contribution in [0.4, 0.5) is 11.6 Å². The zero-order chi connectivity index (χ0) is 15.0. The number of nitrogens with two attached hydrogens (primary N) is 1. The van der Waals surface area contributed by atoms with Gasteiger partial charge in [0.05, 0.1) is 23.4 Å². The van der Waals surface area contributed by atoms with Gasteiger partial charge >= 0.3 is 5.82 Å². The minimum absolute atomic E-state index is 0.220. The fraction of sp³-hybridized carbons (Fsp3) is 0.0769. The highest BCUT2D eigenvalue weighted by Gasteiger charge is 2.19. The monoisotopic (exact) mass is 347 g/mol. The Morgan fingerprint density at radius 1 is 1.38 bits per heavy atom. The topological polar surface area (TPSA) is 99.9 Å². The van der Waals surface area contributed by atoms with Crippen molar-refractivity contribution in [1.29, 1.82) is 0 Å². The SMILES string of the molecule is Nc1nc2ccccc2cc1Cn1cc(Br)c([N+](=O)[O-])n1. The summed E-state index contributed by atoms with van der Waals surface area (Å²) in [6, 6.07) is 9.54. The fourth-order valence-electron chi connectivity index (χ4n) is 2.07. The smallest absolute Gasteiger partial charge is 0.383 e. The van der Waals surface area contributed by atoms with Crippen molar-refractivity contribution >= 4 is 38.5 Å². The van der Waals surface area contributed by atoms with Gasteiger partial charge in [0.25, 0.3) is 0 Å². The van der Waals surface area contributed by atoms with E-state index in [0.29, 0.717) is 16.8 Å². The fourth-order valence-corrected chi connectivity index (χ4v) is 2.53. The van der Waals surface area contributed by atoms with Crippen molar-refractivity contribution in [2.75, 3.05) is 5.73 Å². The summed E-state index contributed by atoms with van der Waals surface area (Å²) in [6.07, 6.45) is 1.55. The molecule has 0 fully saturated rings. The van der Waals surface area contributed by atoms with Crippen molar-refractivity contribution < 1.29 is 4.92 Å². The number of hydrogen-bond acceptors (Lipinski definition) is 5. The average Bonchev–Trinajstić information content (AvgIpc) is 2.81. The normalized spacial score (nSPS) is 10.9. The maximum atomic E-state index is 10.8. The molecule has 0 bridgehead atoms. The van der Waals surface area contributed by atoms with Crippen LogP contribution in [-0.4, -0.2) is 19.7 Å². The van der Waals surface area contributed by atoms with Crippen LogP contribution < -0.4 is 5.73 Å². The van der Waals surface area contributed by atoms with Gasteiger partial charge in [-0.15, -0.1) is 0 Å². The molecule has 2 heterocycles. The van der Waals surface area contributed by atoms with Crippen molar-refractivity contribution in [3.63, 3.8) is 0 Å². The molecule has 0 aliphatic carbocycles. The van der Waals surface area contributed by atoms with Gasteiger partial charge in [0, 0.05) is 10.9 Å². The lowest BCUT2D eigenvalue weighted by atomic mass is 10.1. The van der Waals surface area contributed by atoms with Crippen LogP contribution in [0.1, 0.15) is 5.56 Å². The molecule has 2 N–H and O–H groups in total. The summed E-state index contributed by atoms with van der Waals surface area (Å²) >= 11 is 3.12. The number of rotatable bonds is 3. The van der Waals surface area contributed by atoms with Gasteiger partial charge in [0.1, 0.15) is 10.3 Å². The molecule has 0 unspecified atom stereocenters. The summed E-state index contributed by atoms with van der Waals surface area (Å²) in [4.78, 5) is 14.6. The molecule has 21 heavy (non-hydrogen) atoms. The highest BCUT2D eigenvalue weighted by molar-refractivity contribution is 9.10. The van der Waals surface area contributed by atoms with E-state index in [1.165, 1.54) is 4.68 Å². The van der Waals surface area contributed by atoms with Gasteiger partial charge in [-0.3, -0.25) is 0 Å². The molecule has 3 rings (SSSR count). The van der Waals surface area contributed by atoms with E-state index in [9.17, 15) is 10.1 Å².